The average Bonchev–Trinajstić information content (AvgIpc) is 2.66. The summed E-state index contributed by atoms with van der Waals surface area (Å²) in [6.45, 7) is 5.07. The van der Waals surface area contributed by atoms with Gasteiger partial charge in [0.2, 0.25) is 0 Å². The van der Waals surface area contributed by atoms with Crippen LogP contribution in [0.2, 0.25) is 0 Å². The highest BCUT2D eigenvalue weighted by molar-refractivity contribution is 5.66. The van der Waals surface area contributed by atoms with Crippen LogP contribution in [-0.2, 0) is 4.79 Å². The van der Waals surface area contributed by atoms with Crippen molar-refractivity contribution in [3.8, 4) is 0 Å². The molecule has 0 bridgehead atoms. The van der Waals surface area contributed by atoms with Gasteiger partial charge in [-0.25, -0.2) is 0 Å². The van der Waals surface area contributed by atoms with Crippen LogP contribution in [0.3, 0.4) is 0 Å². The summed E-state index contributed by atoms with van der Waals surface area (Å²) in [6.07, 6.45) is 14.3. The number of hydrogen-bond donors (Lipinski definition) is 4. The fourth-order valence-corrected chi connectivity index (χ4v) is 3.46. The van der Waals surface area contributed by atoms with Crippen LogP contribution in [0.4, 0.5) is 0 Å². The molecule has 0 aliphatic rings. The monoisotopic (exact) mass is 414 g/mol. The lowest BCUT2D eigenvalue weighted by Gasteiger charge is -2.31. The number of hydrogen-bond acceptors (Lipinski definition) is 4. The Morgan fingerprint density at radius 1 is 0.690 bits per heavy atom. The van der Waals surface area contributed by atoms with Gasteiger partial charge in [0.1, 0.15) is 30.5 Å². The highest BCUT2D eigenvalue weighted by Gasteiger charge is 2.25. The number of aliphatic hydroxyl groups is 3. The van der Waals surface area contributed by atoms with Crippen molar-refractivity contribution in [3.05, 3.63) is 23.9 Å². The summed E-state index contributed by atoms with van der Waals surface area (Å²) in [6, 6.07) is 0. The molecule has 170 valence electrons. The number of carboxylic acids is 1. The number of carboxylic acid groups (broad SMARTS) is 1. The normalized spacial score (nSPS) is 14.7. The lowest BCUT2D eigenvalue weighted by molar-refractivity contribution is -0.831. The van der Waals surface area contributed by atoms with Crippen LogP contribution < -0.4 is 0 Å². The van der Waals surface area contributed by atoms with E-state index in [1.807, 2.05) is 0 Å². The van der Waals surface area contributed by atoms with Gasteiger partial charge in [0, 0.05) is 19.3 Å². The molecular formula is C23H44NO5+. The second kappa shape index (κ2) is 17.3. The lowest BCUT2D eigenvalue weighted by atomic mass is 10.1. The first kappa shape index (κ1) is 27.5. The van der Waals surface area contributed by atoms with Crippen LogP contribution in [0.25, 0.3) is 0 Å². The summed E-state index contributed by atoms with van der Waals surface area (Å²) in [5, 5.41) is 39.4. The smallest absolute Gasteiger partial charge is 0.303 e. The van der Waals surface area contributed by atoms with E-state index >= 15 is 0 Å². The Morgan fingerprint density at radius 2 is 1.17 bits per heavy atom. The number of nitrogens with zero attached hydrogens (tertiary/aromatic N) is 1. The van der Waals surface area contributed by atoms with Gasteiger partial charge in [-0.3, -0.25) is 9.28 Å². The Bertz CT molecular complexity index is 460. The molecule has 0 rings (SSSR count). The van der Waals surface area contributed by atoms with Gasteiger partial charge in [0.25, 0.3) is 0 Å². The SMILES string of the molecule is CCCCCC/C(O)=C/[N+](/C=C(\O)CCCCCC)(CCO)CCCCC(=O)O. The molecule has 0 fully saturated rings. The molecule has 0 aliphatic carbocycles. The third-order valence-electron chi connectivity index (χ3n) is 5.12. The van der Waals surface area contributed by atoms with Gasteiger partial charge in [0.15, 0.2) is 0 Å². The zero-order valence-electron chi connectivity index (χ0n) is 18.6. The standard InChI is InChI=1S/C23H43NO5/c1-3-5-7-9-13-21(26)19-24(17-18-25,16-12-11-15-23(28)29)20-22(27)14-10-8-6-4-2/h19-20,25H,3-18H2,1-2H3,(H2-,26,27,28,29)/p+1/b21-19-,22-20-. The molecule has 6 heteroatoms. The van der Waals surface area contributed by atoms with E-state index in [9.17, 15) is 20.1 Å². The first-order chi connectivity index (χ1) is 13.9. The van der Waals surface area contributed by atoms with E-state index in [1.165, 1.54) is 0 Å². The summed E-state index contributed by atoms with van der Waals surface area (Å²) in [5.74, 6) is -0.292. The van der Waals surface area contributed by atoms with E-state index in [-0.39, 0.29) is 29.0 Å². The summed E-state index contributed by atoms with van der Waals surface area (Å²) >= 11 is 0. The molecule has 0 saturated heterocycles. The molecule has 0 heterocycles. The number of unbranched alkanes of at least 4 members (excludes halogenated alkanes) is 7. The molecule has 0 aromatic heterocycles. The third-order valence-corrected chi connectivity index (χ3v) is 5.12. The Balaban J connectivity index is 5.26. The van der Waals surface area contributed by atoms with Gasteiger partial charge >= 0.3 is 5.97 Å². The van der Waals surface area contributed by atoms with Crippen molar-refractivity contribution in [2.24, 2.45) is 0 Å². The van der Waals surface area contributed by atoms with Crippen molar-refractivity contribution >= 4 is 5.97 Å². The van der Waals surface area contributed by atoms with E-state index in [0.29, 0.717) is 38.8 Å². The molecule has 29 heavy (non-hydrogen) atoms. The van der Waals surface area contributed by atoms with E-state index in [4.69, 9.17) is 5.11 Å². The summed E-state index contributed by atoms with van der Waals surface area (Å²) in [4.78, 5) is 10.8. The summed E-state index contributed by atoms with van der Waals surface area (Å²) < 4.78 is 0.148. The Morgan fingerprint density at radius 3 is 1.59 bits per heavy atom. The second-order valence-corrected chi connectivity index (χ2v) is 7.99. The van der Waals surface area contributed by atoms with Gasteiger partial charge < -0.3 is 20.4 Å². The molecule has 4 N–H and O–H groups in total. The van der Waals surface area contributed by atoms with E-state index in [1.54, 1.807) is 12.4 Å². The van der Waals surface area contributed by atoms with Gasteiger partial charge in [0.05, 0.1) is 13.2 Å². The van der Waals surface area contributed by atoms with Crippen molar-refractivity contribution < 1.29 is 29.7 Å². The van der Waals surface area contributed by atoms with Crippen LogP contribution >= 0.6 is 0 Å². The molecule has 0 aromatic carbocycles. The van der Waals surface area contributed by atoms with Gasteiger partial charge in [-0.1, -0.05) is 52.4 Å². The Hall–Kier alpha value is -1.53. The predicted octanol–water partition coefficient (Wildman–Crippen LogP) is 5.79. The van der Waals surface area contributed by atoms with E-state index in [2.05, 4.69) is 13.8 Å². The summed E-state index contributed by atoms with van der Waals surface area (Å²) in [7, 11) is 0. The van der Waals surface area contributed by atoms with Gasteiger partial charge in [-0.05, 0) is 25.7 Å². The average molecular weight is 415 g/mol. The number of aliphatic hydroxyl groups excluding tert-OH is 3. The van der Waals surface area contributed by atoms with Crippen LogP contribution in [-0.4, -0.2) is 50.6 Å². The summed E-state index contributed by atoms with van der Waals surface area (Å²) in [5.41, 5.74) is 0. The molecule has 0 unspecified atom stereocenters. The van der Waals surface area contributed by atoms with Crippen LogP contribution in [0.1, 0.15) is 97.3 Å². The quantitative estimate of drug-likeness (QED) is 0.122. The van der Waals surface area contributed by atoms with Gasteiger partial charge in [-0.2, -0.15) is 0 Å². The van der Waals surface area contributed by atoms with Crippen molar-refractivity contribution in [2.75, 3.05) is 19.7 Å². The number of allylic oxidation sites excluding steroid dienone is 2. The minimum absolute atomic E-state index is 0.0852. The molecule has 0 spiro atoms. The number of aliphatic carboxylic acids is 1. The molecular weight excluding hydrogens is 370 g/mol. The number of rotatable bonds is 19. The number of carbonyl (C=O) groups is 1. The van der Waals surface area contributed by atoms with Crippen LogP contribution in [0, 0.1) is 0 Å². The van der Waals surface area contributed by atoms with Crippen molar-refractivity contribution in [1.82, 2.24) is 0 Å². The Labute approximate surface area is 177 Å². The Kier molecular flexibility index (Phi) is 16.4. The maximum Gasteiger partial charge on any atom is 0.303 e. The van der Waals surface area contributed by atoms with Gasteiger partial charge in [-0.15, -0.1) is 0 Å². The molecule has 0 saturated carbocycles. The van der Waals surface area contributed by atoms with Crippen molar-refractivity contribution in [3.63, 3.8) is 0 Å². The zero-order chi connectivity index (χ0) is 22.0. The maximum absolute atomic E-state index is 10.8. The molecule has 0 atom stereocenters. The fraction of sp³-hybridized carbons (Fsp3) is 0.783. The first-order valence-corrected chi connectivity index (χ1v) is 11.4. The molecule has 0 radical (unpaired) electrons. The minimum atomic E-state index is -0.825. The molecule has 6 nitrogen and oxygen atoms in total. The molecule has 0 aromatic rings. The lowest BCUT2D eigenvalue weighted by Crippen LogP contribution is -2.41. The largest absolute Gasteiger partial charge is 0.507 e. The molecule has 0 amide bonds. The topological polar surface area (TPSA) is 98.0 Å². The highest BCUT2D eigenvalue weighted by Crippen LogP contribution is 2.21. The fourth-order valence-electron chi connectivity index (χ4n) is 3.46. The predicted molar refractivity (Wildman–Crippen MR) is 118 cm³/mol. The number of quaternary nitrogens is 1. The third kappa shape index (κ3) is 15.0. The van der Waals surface area contributed by atoms with Crippen molar-refractivity contribution in [2.45, 2.75) is 97.3 Å². The van der Waals surface area contributed by atoms with E-state index < -0.39 is 5.97 Å². The molecule has 0 aliphatic heterocycles. The zero-order valence-corrected chi connectivity index (χ0v) is 18.6. The highest BCUT2D eigenvalue weighted by atomic mass is 16.4. The van der Waals surface area contributed by atoms with E-state index in [0.717, 1.165) is 51.4 Å². The van der Waals surface area contributed by atoms with Crippen LogP contribution in [0.5, 0.6) is 0 Å². The van der Waals surface area contributed by atoms with Crippen molar-refractivity contribution in [1.29, 1.82) is 0 Å². The second-order valence-electron chi connectivity index (χ2n) is 7.99. The van der Waals surface area contributed by atoms with Crippen LogP contribution in [0.15, 0.2) is 23.9 Å². The first-order valence-electron chi connectivity index (χ1n) is 11.4. The minimum Gasteiger partial charge on any atom is -0.507 e. The maximum atomic E-state index is 10.8.